The summed E-state index contributed by atoms with van der Waals surface area (Å²) >= 11 is 0. The lowest BCUT2D eigenvalue weighted by Crippen LogP contribution is -2.55. The first kappa shape index (κ1) is 37.2. The van der Waals surface area contributed by atoms with E-state index in [2.05, 4.69) is 15.8 Å². The van der Waals surface area contributed by atoms with E-state index in [9.17, 15) is 10.2 Å². The van der Waals surface area contributed by atoms with Crippen LogP contribution in [-0.2, 0) is 9.47 Å². The number of fused-ring (bicyclic) bond motifs is 3. The average Bonchev–Trinajstić information content (AvgIpc) is 3.92. The Labute approximate surface area is 325 Å². The molecular formula is C43H49F2N5O6. The smallest absolute Gasteiger partial charge is 0.319 e. The van der Waals surface area contributed by atoms with Crippen LogP contribution in [0.25, 0.3) is 32.9 Å². The fourth-order valence-electron chi connectivity index (χ4n) is 10.6. The van der Waals surface area contributed by atoms with E-state index in [4.69, 9.17) is 35.3 Å². The van der Waals surface area contributed by atoms with Gasteiger partial charge in [0.2, 0.25) is 5.88 Å². The lowest BCUT2D eigenvalue weighted by molar-refractivity contribution is -0.0267. The molecule has 1 unspecified atom stereocenters. The first-order chi connectivity index (χ1) is 27.0. The number of ether oxygens (including phenoxy) is 4. The van der Waals surface area contributed by atoms with E-state index in [0.717, 1.165) is 64.5 Å². The number of aliphatic hydroxyl groups is 1. The number of nitrogens with zero attached hydrogens (tertiary/aromatic N) is 5. The number of halogens is 2. The van der Waals surface area contributed by atoms with Crippen molar-refractivity contribution in [1.29, 1.82) is 0 Å². The lowest BCUT2D eigenvalue weighted by atomic mass is 9.74. The zero-order valence-electron chi connectivity index (χ0n) is 32.1. The molecule has 5 fully saturated rings. The number of methoxy groups -OCH3 is 1. The molecule has 0 amide bonds. The molecule has 3 aliphatic heterocycles. The van der Waals surface area contributed by atoms with Gasteiger partial charge in [0.05, 0.1) is 51.2 Å². The second-order valence-electron chi connectivity index (χ2n) is 16.9. The maximum absolute atomic E-state index is 17.4. The Bertz CT molecular complexity index is 2220. The van der Waals surface area contributed by atoms with Crippen molar-refractivity contribution in [1.82, 2.24) is 19.9 Å². The minimum Gasteiger partial charge on any atom is -0.508 e. The lowest BCUT2D eigenvalue weighted by Gasteiger charge is -2.48. The Balaban J connectivity index is 1.14. The average molecular weight is 770 g/mol. The first-order valence-electron chi connectivity index (χ1n) is 20.0. The highest BCUT2D eigenvalue weighted by atomic mass is 19.1. The normalized spacial score (nSPS) is 27.8. The summed E-state index contributed by atoms with van der Waals surface area (Å²) in [7, 11) is 1.41. The van der Waals surface area contributed by atoms with Crippen LogP contribution < -0.4 is 14.4 Å². The Morgan fingerprint density at radius 3 is 2.66 bits per heavy atom. The zero-order chi connectivity index (χ0) is 38.8. The van der Waals surface area contributed by atoms with Crippen LogP contribution in [0.3, 0.4) is 0 Å². The topological polar surface area (TPSA) is 123 Å². The molecule has 2 N–H and O–H groups in total. The van der Waals surface area contributed by atoms with Crippen molar-refractivity contribution in [3.63, 3.8) is 0 Å². The molecule has 3 saturated heterocycles. The van der Waals surface area contributed by atoms with Gasteiger partial charge in [0.25, 0.3) is 0 Å². The molecule has 56 heavy (non-hydrogen) atoms. The number of β-amino-alcohol motifs (C(OH)–C–C–N with tert-alkyl or cyclic N) is 1. The van der Waals surface area contributed by atoms with E-state index in [1.54, 1.807) is 6.92 Å². The number of piperidine rings is 1. The van der Waals surface area contributed by atoms with Gasteiger partial charge >= 0.3 is 6.01 Å². The van der Waals surface area contributed by atoms with Crippen molar-refractivity contribution < 1.29 is 37.9 Å². The van der Waals surface area contributed by atoms with Crippen LogP contribution >= 0.6 is 0 Å². The summed E-state index contributed by atoms with van der Waals surface area (Å²) in [6.45, 7) is 4.70. The number of phenolic OH excluding ortho intramolecular Hbond substituents is 1. The fourth-order valence-corrected chi connectivity index (χ4v) is 10.6. The van der Waals surface area contributed by atoms with Crippen molar-refractivity contribution in [2.45, 2.75) is 94.4 Å². The maximum Gasteiger partial charge on any atom is 0.319 e. The monoisotopic (exact) mass is 769 g/mol. The SMILES string of the molecule is C#Cc1c(F)ccc2cc(O)cc(-c3nc(OC)c4c(N5CCOC[C@@](C)(O)C5)nc(OC[C@]56CCC[C@H]5N(C5COC7(CCCC7)C5)CCC6)nc4c3F)c12. The Morgan fingerprint density at radius 1 is 1.04 bits per heavy atom. The number of hydrogen-bond acceptors (Lipinski definition) is 11. The minimum absolute atomic E-state index is 0.00546. The van der Waals surface area contributed by atoms with Gasteiger partial charge in [0.1, 0.15) is 39.6 Å². The van der Waals surface area contributed by atoms with Gasteiger partial charge in [0.15, 0.2) is 5.82 Å². The van der Waals surface area contributed by atoms with Crippen molar-refractivity contribution in [3.05, 3.63) is 41.5 Å². The van der Waals surface area contributed by atoms with Crippen LogP contribution in [0.15, 0.2) is 24.3 Å². The number of phenols is 1. The van der Waals surface area contributed by atoms with Gasteiger partial charge in [-0.15, -0.1) is 6.42 Å². The summed E-state index contributed by atoms with van der Waals surface area (Å²) < 4.78 is 57.2. The van der Waals surface area contributed by atoms with Crippen molar-refractivity contribution >= 4 is 27.5 Å². The molecule has 0 bridgehead atoms. The Kier molecular flexibility index (Phi) is 9.47. The number of terminal acetylenes is 1. The van der Waals surface area contributed by atoms with Crippen LogP contribution in [0.2, 0.25) is 0 Å². The molecule has 5 aliphatic rings. The van der Waals surface area contributed by atoms with Crippen molar-refractivity contribution in [3.8, 4) is 41.2 Å². The quantitative estimate of drug-likeness (QED) is 0.200. The van der Waals surface area contributed by atoms with Gasteiger partial charge in [0, 0.05) is 35.0 Å². The summed E-state index contributed by atoms with van der Waals surface area (Å²) in [5.74, 6) is 0.957. The Hall–Kier alpha value is -4.35. The van der Waals surface area contributed by atoms with E-state index < -0.39 is 17.2 Å². The predicted molar refractivity (Wildman–Crippen MR) is 207 cm³/mol. The first-order valence-corrected chi connectivity index (χ1v) is 20.0. The molecule has 0 radical (unpaired) electrons. The molecule has 4 atom stereocenters. The van der Waals surface area contributed by atoms with E-state index in [-0.39, 0.29) is 87.3 Å². The van der Waals surface area contributed by atoms with Gasteiger partial charge < -0.3 is 34.1 Å². The molecule has 4 aromatic rings. The summed E-state index contributed by atoms with van der Waals surface area (Å²) in [4.78, 5) is 18.8. The third kappa shape index (κ3) is 6.39. The van der Waals surface area contributed by atoms with Crippen LogP contribution in [0, 0.1) is 29.4 Å². The van der Waals surface area contributed by atoms with Gasteiger partial charge in [-0.3, -0.25) is 4.90 Å². The van der Waals surface area contributed by atoms with E-state index in [1.165, 1.54) is 44.2 Å². The molecule has 2 aromatic heterocycles. The summed E-state index contributed by atoms with van der Waals surface area (Å²) in [5.41, 5.74) is -1.73. The number of hydrogen-bond donors (Lipinski definition) is 2. The van der Waals surface area contributed by atoms with E-state index >= 15 is 8.78 Å². The largest absolute Gasteiger partial charge is 0.508 e. The second kappa shape index (κ2) is 14.2. The number of aromatic nitrogens is 3. The second-order valence-corrected chi connectivity index (χ2v) is 16.9. The molecule has 2 saturated carbocycles. The number of aromatic hydroxyl groups is 1. The van der Waals surface area contributed by atoms with Crippen molar-refractivity contribution in [2.24, 2.45) is 5.41 Å². The number of anilines is 1. The predicted octanol–water partition coefficient (Wildman–Crippen LogP) is 6.52. The van der Waals surface area contributed by atoms with Crippen LogP contribution in [-0.4, -0.2) is 107 Å². The zero-order valence-corrected chi connectivity index (χ0v) is 32.1. The molecule has 1 spiro atoms. The summed E-state index contributed by atoms with van der Waals surface area (Å²) in [6, 6.07) is 6.13. The third-order valence-corrected chi connectivity index (χ3v) is 13.1. The van der Waals surface area contributed by atoms with Gasteiger partial charge in [-0.2, -0.15) is 9.97 Å². The summed E-state index contributed by atoms with van der Waals surface area (Å²) in [5, 5.41) is 22.8. The van der Waals surface area contributed by atoms with Crippen LogP contribution in [0.1, 0.15) is 76.7 Å². The third-order valence-electron chi connectivity index (χ3n) is 13.1. The van der Waals surface area contributed by atoms with Gasteiger partial charge in [-0.05, 0) is 82.0 Å². The highest BCUT2D eigenvalue weighted by Gasteiger charge is 2.53. The fraction of sp³-hybridized carbons (Fsp3) is 0.558. The standard InChI is InChI=1S/C43H49F2N5O6/c1-4-29-31(44)11-10-26-19-28(51)20-30(33(26)29)36-35(45)37-34(39(46-36)53-3)38(49-17-18-54-24-41(2,52)23-49)48-40(47-37)55-25-42-12-7-9-32(42)50(16-8-13-42)27-21-43(56-22-27)14-5-6-15-43/h1,10-11,19-20,27,32,51-52H,5-9,12-18,21-25H2,2-3H3/t27?,32-,41+,42-/m1/s1. The highest BCUT2D eigenvalue weighted by molar-refractivity contribution is 6.04. The van der Waals surface area contributed by atoms with Crippen molar-refractivity contribution in [2.75, 3.05) is 58.1 Å². The molecule has 5 heterocycles. The molecule has 2 aliphatic carbocycles. The number of likely N-dealkylation sites (tertiary alicyclic amines) is 1. The minimum atomic E-state index is -1.24. The molecule has 13 heteroatoms. The molecular weight excluding hydrogens is 720 g/mol. The Morgan fingerprint density at radius 2 is 1.86 bits per heavy atom. The highest BCUT2D eigenvalue weighted by Crippen LogP contribution is 2.51. The maximum atomic E-state index is 17.4. The molecule has 296 valence electrons. The number of pyridine rings is 1. The number of rotatable bonds is 7. The van der Waals surface area contributed by atoms with Crippen LogP contribution in [0.4, 0.5) is 14.6 Å². The molecule has 11 nitrogen and oxygen atoms in total. The molecule has 9 rings (SSSR count). The summed E-state index contributed by atoms with van der Waals surface area (Å²) in [6.07, 6.45) is 16.9. The van der Waals surface area contributed by atoms with E-state index in [1.807, 2.05) is 4.90 Å². The number of benzene rings is 2. The van der Waals surface area contributed by atoms with Gasteiger partial charge in [-0.1, -0.05) is 31.2 Å². The molecule has 2 aromatic carbocycles. The van der Waals surface area contributed by atoms with Crippen LogP contribution in [0.5, 0.6) is 17.6 Å². The van der Waals surface area contributed by atoms with E-state index in [0.29, 0.717) is 30.6 Å². The van der Waals surface area contributed by atoms with Gasteiger partial charge in [-0.25, -0.2) is 13.8 Å².